The molecule has 28 heavy (non-hydrogen) atoms. The minimum Gasteiger partial charge on any atom is -0.332 e. The first-order valence-corrected chi connectivity index (χ1v) is 9.40. The molecule has 0 fully saturated rings. The molecule has 5 heteroatoms. The van der Waals surface area contributed by atoms with Gasteiger partial charge < -0.3 is 10.2 Å². The number of aromatic nitrogens is 1. The predicted octanol–water partition coefficient (Wildman–Crippen LogP) is 4.12. The number of hydrogen-bond donors (Lipinski definition) is 1. The lowest BCUT2D eigenvalue weighted by Crippen LogP contribution is -2.35. The number of anilines is 1. The van der Waals surface area contributed by atoms with Crippen molar-refractivity contribution in [1.82, 2.24) is 9.88 Å². The molecule has 0 saturated heterocycles. The van der Waals surface area contributed by atoms with E-state index in [1.54, 1.807) is 7.05 Å². The SMILES string of the molecule is CCc1ccccc1NC(=O)CN(C)C(=O)c1cc2cc(C)ccc2nc1C. The largest absolute Gasteiger partial charge is 0.332 e. The van der Waals surface area contributed by atoms with E-state index in [-0.39, 0.29) is 18.4 Å². The molecule has 1 N–H and O–H groups in total. The number of hydrogen-bond acceptors (Lipinski definition) is 3. The molecule has 2 amide bonds. The number of nitrogens with zero attached hydrogens (tertiary/aromatic N) is 2. The minimum atomic E-state index is -0.223. The summed E-state index contributed by atoms with van der Waals surface area (Å²) in [5.74, 6) is -0.439. The molecule has 0 bridgehead atoms. The molecule has 0 saturated carbocycles. The van der Waals surface area contributed by atoms with Gasteiger partial charge in [-0.2, -0.15) is 0 Å². The Morgan fingerprint density at radius 3 is 2.57 bits per heavy atom. The van der Waals surface area contributed by atoms with Crippen LogP contribution in [0.5, 0.6) is 0 Å². The molecule has 1 heterocycles. The van der Waals surface area contributed by atoms with Crippen molar-refractivity contribution in [2.45, 2.75) is 27.2 Å². The third-order valence-corrected chi connectivity index (χ3v) is 4.79. The van der Waals surface area contributed by atoms with Gasteiger partial charge >= 0.3 is 0 Å². The normalized spacial score (nSPS) is 10.7. The molecular formula is C23H25N3O2. The van der Waals surface area contributed by atoms with Crippen molar-refractivity contribution in [2.24, 2.45) is 0 Å². The molecule has 3 rings (SSSR count). The average molecular weight is 375 g/mol. The van der Waals surface area contributed by atoms with Crippen molar-refractivity contribution >= 4 is 28.4 Å². The zero-order chi connectivity index (χ0) is 20.3. The van der Waals surface area contributed by atoms with Crippen LogP contribution >= 0.6 is 0 Å². The van der Waals surface area contributed by atoms with E-state index >= 15 is 0 Å². The molecule has 0 aliphatic carbocycles. The Kier molecular flexibility index (Phi) is 5.73. The smallest absolute Gasteiger partial charge is 0.255 e. The molecule has 0 radical (unpaired) electrons. The van der Waals surface area contributed by atoms with Gasteiger partial charge in [0, 0.05) is 18.1 Å². The zero-order valence-corrected chi connectivity index (χ0v) is 16.7. The summed E-state index contributed by atoms with van der Waals surface area (Å²) < 4.78 is 0. The lowest BCUT2D eigenvalue weighted by atomic mass is 10.1. The summed E-state index contributed by atoms with van der Waals surface area (Å²) in [5, 5.41) is 3.82. The van der Waals surface area contributed by atoms with E-state index in [0.29, 0.717) is 11.3 Å². The number of fused-ring (bicyclic) bond motifs is 1. The topological polar surface area (TPSA) is 62.3 Å². The van der Waals surface area contributed by atoms with Crippen LogP contribution in [0.1, 0.15) is 34.1 Å². The van der Waals surface area contributed by atoms with Gasteiger partial charge in [0.05, 0.1) is 23.3 Å². The fraction of sp³-hybridized carbons (Fsp3) is 0.261. The predicted molar refractivity (Wildman–Crippen MR) is 113 cm³/mol. The highest BCUT2D eigenvalue weighted by atomic mass is 16.2. The molecule has 0 unspecified atom stereocenters. The van der Waals surface area contributed by atoms with Crippen molar-refractivity contribution < 1.29 is 9.59 Å². The van der Waals surface area contributed by atoms with Gasteiger partial charge in [0.15, 0.2) is 0 Å². The van der Waals surface area contributed by atoms with Crippen LogP contribution in [0.15, 0.2) is 48.5 Å². The monoisotopic (exact) mass is 375 g/mol. The van der Waals surface area contributed by atoms with Gasteiger partial charge in [-0.05, 0) is 50.1 Å². The molecule has 144 valence electrons. The minimum absolute atomic E-state index is 0.0256. The lowest BCUT2D eigenvalue weighted by molar-refractivity contribution is -0.116. The Balaban J connectivity index is 1.76. The quantitative estimate of drug-likeness (QED) is 0.729. The summed E-state index contributed by atoms with van der Waals surface area (Å²) in [6.07, 6.45) is 0.826. The van der Waals surface area contributed by atoms with Crippen LogP contribution in [0.3, 0.4) is 0 Å². The van der Waals surface area contributed by atoms with Gasteiger partial charge in [0.1, 0.15) is 0 Å². The second-order valence-corrected chi connectivity index (χ2v) is 7.04. The maximum atomic E-state index is 12.9. The number of carbonyl (C=O) groups is 2. The van der Waals surface area contributed by atoms with Crippen molar-refractivity contribution in [2.75, 3.05) is 18.9 Å². The first-order chi connectivity index (χ1) is 13.4. The Bertz CT molecular complexity index is 1040. The van der Waals surface area contributed by atoms with E-state index in [1.807, 2.05) is 69.3 Å². The van der Waals surface area contributed by atoms with E-state index in [0.717, 1.165) is 34.1 Å². The molecule has 0 atom stereocenters. The summed E-state index contributed by atoms with van der Waals surface area (Å²) in [4.78, 5) is 31.3. The van der Waals surface area contributed by atoms with Gasteiger partial charge in [0.25, 0.3) is 5.91 Å². The van der Waals surface area contributed by atoms with Crippen LogP contribution in [-0.4, -0.2) is 35.3 Å². The van der Waals surface area contributed by atoms with Gasteiger partial charge in [-0.1, -0.05) is 36.8 Å². The number of amides is 2. The van der Waals surface area contributed by atoms with E-state index in [4.69, 9.17) is 0 Å². The summed E-state index contributed by atoms with van der Waals surface area (Å²) in [5.41, 5.74) is 4.99. The molecule has 0 aliphatic rings. The summed E-state index contributed by atoms with van der Waals surface area (Å²) >= 11 is 0. The Morgan fingerprint density at radius 1 is 1.07 bits per heavy atom. The standard InChI is InChI=1S/C23H25N3O2/c1-5-17-8-6-7-9-20(17)25-22(27)14-26(4)23(28)19-13-18-12-15(2)10-11-21(18)24-16(19)3/h6-13H,5,14H2,1-4H3,(H,25,27). The molecule has 5 nitrogen and oxygen atoms in total. The van der Waals surface area contributed by atoms with Gasteiger partial charge in [-0.15, -0.1) is 0 Å². The van der Waals surface area contributed by atoms with E-state index in [2.05, 4.69) is 10.3 Å². The van der Waals surface area contributed by atoms with E-state index in [9.17, 15) is 9.59 Å². The van der Waals surface area contributed by atoms with Crippen LogP contribution in [0, 0.1) is 13.8 Å². The average Bonchev–Trinajstić information content (AvgIpc) is 2.67. The Morgan fingerprint density at radius 2 is 1.82 bits per heavy atom. The number of rotatable bonds is 5. The number of pyridine rings is 1. The van der Waals surface area contributed by atoms with Crippen LogP contribution in [0.25, 0.3) is 10.9 Å². The highest BCUT2D eigenvalue weighted by Crippen LogP contribution is 2.19. The summed E-state index contributed by atoms with van der Waals surface area (Å²) in [6, 6.07) is 15.5. The number of likely N-dealkylation sites (N-methyl/N-ethyl adjacent to an activating group) is 1. The van der Waals surface area contributed by atoms with Gasteiger partial charge in [0.2, 0.25) is 5.91 Å². The fourth-order valence-corrected chi connectivity index (χ4v) is 3.24. The number of carbonyl (C=O) groups excluding carboxylic acids is 2. The second kappa shape index (κ2) is 8.21. The number of nitrogens with one attached hydrogen (secondary N) is 1. The molecule has 2 aromatic carbocycles. The highest BCUT2D eigenvalue weighted by Gasteiger charge is 2.19. The van der Waals surface area contributed by atoms with Crippen molar-refractivity contribution in [1.29, 1.82) is 0 Å². The third kappa shape index (κ3) is 4.19. The zero-order valence-electron chi connectivity index (χ0n) is 16.7. The van der Waals surface area contributed by atoms with Gasteiger partial charge in [-0.25, -0.2) is 0 Å². The second-order valence-electron chi connectivity index (χ2n) is 7.04. The van der Waals surface area contributed by atoms with E-state index < -0.39 is 0 Å². The highest BCUT2D eigenvalue weighted by molar-refractivity contribution is 6.01. The number of aryl methyl sites for hydroxylation is 3. The molecular weight excluding hydrogens is 350 g/mol. The van der Waals surface area contributed by atoms with Crippen LogP contribution < -0.4 is 5.32 Å². The number of para-hydroxylation sites is 1. The number of benzene rings is 2. The maximum absolute atomic E-state index is 12.9. The third-order valence-electron chi connectivity index (χ3n) is 4.79. The van der Waals surface area contributed by atoms with Crippen molar-refractivity contribution in [3.63, 3.8) is 0 Å². The van der Waals surface area contributed by atoms with Crippen molar-refractivity contribution in [3.05, 3.63) is 70.9 Å². The molecule has 0 spiro atoms. The van der Waals surface area contributed by atoms with Crippen LogP contribution in [-0.2, 0) is 11.2 Å². The maximum Gasteiger partial charge on any atom is 0.255 e. The first-order valence-electron chi connectivity index (χ1n) is 9.40. The molecule has 1 aromatic heterocycles. The Labute approximate surface area is 165 Å². The summed E-state index contributed by atoms with van der Waals surface area (Å²) in [7, 11) is 1.63. The Hall–Kier alpha value is -3.21. The van der Waals surface area contributed by atoms with E-state index in [1.165, 1.54) is 4.90 Å². The molecule has 0 aliphatic heterocycles. The fourth-order valence-electron chi connectivity index (χ4n) is 3.24. The lowest BCUT2D eigenvalue weighted by Gasteiger charge is -2.19. The van der Waals surface area contributed by atoms with Crippen LogP contribution in [0.2, 0.25) is 0 Å². The van der Waals surface area contributed by atoms with Gasteiger partial charge in [-0.3, -0.25) is 14.6 Å². The summed E-state index contributed by atoms with van der Waals surface area (Å²) in [6.45, 7) is 5.84. The van der Waals surface area contributed by atoms with Crippen molar-refractivity contribution in [3.8, 4) is 0 Å². The molecule has 3 aromatic rings. The first kappa shape index (κ1) is 19.5. The van der Waals surface area contributed by atoms with Crippen LogP contribution in [0.4, 0.5) is 5.69 Å².